The fourth-order valence-corrected chi connectivity index (χ4v) is 4.60. The van der Waals surface area contributed by atoms with Crippen molar-refractivity contribution < 1.29 is 14.7 Å². The number of thioether (sulfide) groups is 2. The van der Waals surface area contributed by atoms with Gasteiger partial charge in [0.2, 0.25) is 0 Å². The standard InChI is InChI=1S/C13H11N3O3S2/c17-11-8(12-16(11)9(5-21-12)13(18)19)3-7-4-15-1-2-20-6-10(15)14-7/h3-5,12H,1-2,6H2,(H,18,19)/p-1/b8-3-/t12-/m1/s1. The Labute approximate surface area is 128 Å². The van der Waals surface area contributed by atoms with Crippen molar-refractivity contribution in [3.8, 4) is 0 Å². The molecule has 0 radical (unpaired) electrons. The molecular weight excluding hydrogens is 310 g/mol. The predicted octanol–water partition coefficient (Wildman–Crippen LogP) is 0.0197. The fourth-order valence-electron chi connectivity index (χ4n) is 2.60. The van der Waals surface area contributed by atoms with Crippen LogP contribution in [-0.2, 0) is 21.9 Å². The van der Waals surface area contributed by atoms with Crippen molar-refractivity contribution >= 4 is 41.5 Å². The molecule has 6 nitrogen and oxygen atoms in total. The van der Waals surface area contributed by atoms with E-state index < -0.39 is 5.97 Å². The number of carbonyl (C=O) groups is 2. The van der Waals surface area contributed by atoms with Gasteiger partial charge in [-0.3, -0.25) is 9.69 Å². The van der Waals surface area contributed by atoms with Crippen molar-refractivity contribution in [3.05, 3.63) is 34.4 Å². The maximum absolute atomic E-state index is 12.1. The number of carbonyl (C=O) groups excluding carboxylic acids is 2. The second-order valence-corrected chi connectivity index (χ2v) is 6.94. The Kier molecular flexibility index (Phi) is 2.90. The number of carboxylic acids is 1. The van der Waals surface area contributed by atoms with E-state index in [0.29, 0.717) is 5.57 Å². The minimum Gasteiger partial charge on any atom is -0.543 e. The summed E-state index contributed by atoms with van der Waals surface area (Å²) >= 11 is 3.15. The van der Waals surface area contributed by atoms with Crippen LogP contribution in [0.2, 0.25) is 0 Å². The molecule has 0 spiro atoms. The van der Waals surface area contributed by atoms with Gasteiger partial charge in [-0.2, -0.15) is 11.8 Å². The number of β-lactam (4-membered cyclic amide) rings is 1. The molecule has 3 aliphatic heterocycles. The van der Waals surface area contributed by atoms with Crippen LogP contribution in [0.4, 0.5) is 0 Å². The average molecular weight is 320 g/mol. The molecule has 0 bridgehead atoms. The van der Waals surface area contributed by atoms with E-state index in [4.69, 9.17) is 0 Å². The molecule has 1 fully saturated rings. The summed E-state index contributed by atoms with van der Waals surface area (Å²) in [6.07, 6.45) is 3.71. The van der Waals surface area contributed by atoms with Gasteiger partial charge in [-0.15, -0.1) is 11.8 Å². The van der Waals surface area contributed by atoms with Gasteiger partial charge in [0.25, 0.3) is 5.91 Å². The highest BCUT2D eigenvalue weighted by Crippen LogP contribution is 2.44. The zero-order valence-electron chi connectivity index (χ0n) is 10.8. The van der Waals surface area contributed by atoms with Crippen molar-refractivity contribution in [1.82, 2.24) is 14.5 Å². The number of fused-ring (bicyclic) bond motifs is 2. The average Bonchev–Trinajstić information content (AvgIpc) is 3.05. The number of aliphatic carboxylic acids is 1. The maximum Gasteiger partial charge on any atom is 0.258 e. The molecule has 0 N–H and O–H groups in total. The number of amides is 1. The number of hydrogen-bond acceptors (Lipinski definition) is 6. The molecular formula is C13H10N3O3S2-. The lowest BCUT2D eigenvalue weighted by atomic mass is 10.0. The molecule has 1 saturated heterocycles. The van der Waals surface area contributed by atoms with Gasteiger partial charge in [0.15, 0.2) is 0 Å². The minimum atomic E-state index is -1.31. The normalized spacial score (nSPS) is 25.4. The smallest absolute Gasteiger partial charge is 0.258 e. The Morgan fingerprint density at radius 3 is 3.14 bits per heavy atom. The predicted molar refractivity (Wildman–Crippen MR) is 77.7 cm³/mol. The van der Waals surface area contributed by atoms with Crippen LogP contribution in [0.25, 0.3) is 6.08 Å². The van der Waals surface area contributed by atoms with Gasteiger partial charge < -0.3 is 14.5 Å². The number of aromatic nitrogens is 2. The lowest BCUT2D eigenvalue weighted by Crippen LogP contribution is -2.52. The van der Waals surface area contributed by atoms with Crippen LogP contribution >= 0.6 is 23.5 Å². The summed E-state index contributed by atoms with van der Waals surface area (Å²) < 4.78 is 2.11. The highest BCUT2D eigenvalue weighted by molar-refractivity contribution is 8.03. The summed E-state index contributed by atoms with van der Waals surface area (Å²) in [5.41, 5.74) is 1.31. The van der Waals surface area contributed by atoms with Gasteiger partial charge in [0.05, 0.1) is 28.7 Å². The van der Waals surface area contributed by atoms with Crippen molar-refractivity contribution in [2.45, 2.75) is 17.7 Å². The van der Waals surface area contributed by atoms with E-state index in [2.05, 4.69) is 9.55 Å². The lowest BCUT2D eigenvalue weighted by Gasteiger charge is -2.38. The van der Waals surface area contributed by atoms with E-state index in [1.54, 1.807) is 6.08 Å². The van der Waals surface area contributed by atoms with Crippen molar-refractivity contribution in [2.24, 2.45) is 0 Å². The molecule has 1 atom stereocenters. The van der Waals surface area contributed by atoms with E-state index in [1.807, 2.05) is 18.0 Å². The quantitative estimate of drug-likeness (QED) is 0.565. The lowest BCUT2D eigenvalue weighted by molar-refractivity contribution is -0.301. The van der Waals surface area contributed by atoms with Gasteiger partial charge in [0, 0.05) is 18.5 Å². The van der Waals surface area contributed by atoms with E-state index >= 15 is 0 Å². The van der Waals surface area contributed by atoms with E-state index in [9.17, 15) is 14.7 Å². The van der Waals surface area contributed by atoms with Crippen LogP contribution in [-0.4, -0.2) is 37.5 Å². The zero-order chi connectivity index (χ0) is 14.6. The topological polar surface area (TPSA) is 78.3 Å². The molecule has 0 aromatic carbocycles. The van der Waals surface area contributed by atoms with Crippen molar-refractivity contribution in [2.75, 3.05) is 5.75 Å². The molecule has 0 saturated carbocycles. The molecule has 4 heterocycles. The molecule has 8 heteroatoms. The third-order valence-electron chi connectivity index (χ3n) is 3.63. The molecule has 108 valence electrons. The molecule has 1 aromatic heterocycles. The summed E-state index contributed by atoms with van der Waals surface area (Å²) in [5, 5.41) is 12.1. The second-order valence-electron chi connectivity index (χ2n) is 4.88. The molecule has 1 amide bonds. The van der Waals surface area contributed by atoms with E-state index in [0.717, 1.165) is 29.6 Å². The molecule has 1 aromatic rings. The first-order valence-corrected chi connectivity index (χ1v) is 8.51. The Hall–Kier alpha value is -1.67. The summed E-state index contributed by atoms with van der Waals surface area (Å²) in [6.45, 7) is 0.935. The van der Waals surface area contributed by atoms with Gasteiger partial charge in [-0.1, -0.05) is 0 Å². The van der Waals surface area contributed by atoms with Gasteiger partial charge >= 0.3 is 0 Å². The number of hydrogen-bond donors (Lipinski definition) is 0. The Morgan fingerprint density at radius 1 is 1.52 bits per heavy atom. The van der Waals surface area contributed by atoms with Crippen LogP contribution in [0.1, 0.15) is 11.5 Å². The van der Waals surface area contributed by atoms with Gasteiger partial charge in [0.1, 0.15) is 11.2 Å². The number of rotatable bonds is 2. The van der Waals surface area contributed by atoms with Crippen LogP contribution in [0, 0.1) is 0 Å². The summed E-state index contributed by atoms with van der Waals surface area (Å²) in [4.78, 5) is 28.8. The van der Waals surface area contributed by atoms with Crippen LogP contribution in [0.5, 0.6) is 0 Å². The summed E-state index contributed by atoms with van der Waals surface area (Å²) in [5.74, 6) is 1.39. The first-order valence-electron chi connectivity index (χ1n) is 6.41. The third-order valence-corrected chi connectivity index (χ3v) is 5.65. The SMILES string of the molecule is O=C([O-])C1=CS[C@@H]2/C(=C\c3cn4c(n3)CSCC4)C(=O)N12. The van der Waals surface area contributed by atoms with Crippen molar-refractivity contribution in [1.29, 1.82) is 0 Å². The maximum atomic E-state index is 12.1. The number of carboxylic acid groups (broad SMARTS) is 1. The number of aryl methyl sites for hydroxylation is 1. The fraction of sp³-hybridized carbons (Fsp3) is 0.308. The molecule has 0 aliphatic carbocycles. The number of imidazole rings is 1. The first-order chi connectivity index (χ1) is 10.1. The summed E-state index contributed by atoms with van der Waals surface area (Å²) in [7, 11) is 0. The molecule has 4 rings (SSSR count). The minimum absolute atomic E-state index is 0.0484. The highest BCUT2D eigenvalue weighted by Gasteiger charge is 2.47. The Balaban J connectivity index is 1.60. The van der Waals surface area contributed by atoms with Crippen LogP contribution in [0.15, 0.2) is 22.9 Å². The van der Waals surface area contributed by atoms with Crippen LogP contribution in [0.3, 0.4) is 0 Å². The van der Waals surface area contributed by atoms with E-state index in [-0.39, 0.29) is 17.0 Å². The van der Waals surface area contributed by atoms with E-state index in [1.165, 1.54) is 22.1 Å². The molecule has 21 heavy (non-hydrogen) atoms. The van der Waals surface area contributed by atoms with Gasteiger partial charge in [-0.25, -0.2) is 4.98 Å². The number of nitrogens with zero attached hydrogens (tertiary/aromatic N) is 3. The molecule has 0 unspecified atom stereocenters. The van der Waals surface area contributed by atoms with Crippen LogP contribution < -0.4 is 5.11 Å². The Bertz CT molecular complexity index is 699. The largest absolute Gasteiger partial charge is 0.543 e. The van der Waals surface area contributed by atoms with Crippen molar-refractivity contribution in [3.63, 3.8) is 0 Å². The monoisotopic (exact) mass is 320 g/mol. The zero-order valence-corrected chi connectivity index (χ0v) is 12.4. The molecule has 3 aliphatic rings. The van der Waals surface area contributed by atoms with Gasteiger partial charge in [-0.05, 0) is 11.5 Å². The second kappa shape index (κ2) is 4.67. The summed E-state index contributed by atoms with van der Waals surface area (Å²) in [6, 6.07) is 0. The Morgan fingerprint density at radius 2 is 2.38 bits per heavy atom. The highest BCUT2D eigenvalue weighted by atomic mass is 32.2. The first kappa shape index (κ1) is 13.0. The third kappa shape index (κ3) is 1.93.